The number of unbranched alkanes of at least 4 members (excludes halogenated alkanes) is 1. The van der Waals surface area contributed by atoms with Gasteiger partial charge in [-0.05, 0) is 73.0 Å². The second-order valence-corrected chi connectivity index (χ2v) is 7.96. The lowest BCUT2D eigenvalue weighted by molar-refractivity contribution is 0.591. The number of nitrogens with one attached hydrogen (secondary N) is 1. The minimum atomic E-state index is 0.141. The Balaban J connectivity index is 2.14. The second-order valence-electron chi connectivity index (χ2n) is 7.96. The SMILES string of the molecule is Cc1ccc(-c2[nH]c3ccc(C(C)(C)C)cc3c2CCCCN)nc1. The summed E-state index contributed by atoms with van der Waals surface area (Å²) in [6, 6.07) is 11.0. The number of aryl methyl sites for hydroxylation is 2. The van der Waals surface area contributed by atoms with E-state index in [-0.39, 0.29) is 5.41 Å². The monoisotopic (exact) mass is 335 g/mol. The van der Waals surface area contributed by atoms with Gasteiger partial charge in [0.25, 0.3) is 0 Å². The third-order valence-corrected chi connectivity index (χ3v) is 4.82. The van der Waals surface area contributed by atoms with Crippen LogP contribution < -0.4 is 5.73 Å². The molecule has 2 heterocycles. The number of pyridine rings is 1. The zero-order valence-electron chi connectivity index (χ0n) is 15.8. The van der Waals surface area contributed by atoms with Crippen LogP contribution in [-0.4, -0.2) is 16.5 Å². The minimum Gasteiger partial charge on any atom is -0.353 e. The average Bonchev–Trinajstić information content (AvgIpc) is 2.93. The van der Waals surface area contributed by atoms with Gasteiger partial charge in [0.2, 0.25) is 0 Å². The van der Waals surface area contributed by atoms with Crippen LogP contribution in [0.1, 0.15) is 50.3 Å². The van der Waals surface area contributed by atoms with Crippen molar-refractivity contribution in [3.05, 3.63) is 53.2 Å². The summed E-state index contributed by atoms with van der Waals surface area (Å²) >= 11 is 0. The topological polar surface area (TPSA) is 54.7 Å². The highest BCUT2D eigenvalue weighted by atomic mass is 14.8. The first kappa shape index (κ1) is 17.7. The molecular formula is C22H29N3. The molecule has 0 aliphatic rings. The maximum Gasteiger partial charge on any atom is 0.0867 e. The van der Waals surface area contributed by atoms with Crippen LogP contribution in [0.5, 0.6) is 0 Å². The third kappa shape index (κ3) is 3.77. The van der Waals surface area contributed by atoms with E-state index in [4.69, 9.17) is 5.73 Å². The molecule has 0 bridgehead atoms. The van der Waals surface area contributed by atoms with Crippen LogP contribution in [0.4, 0.5) is 0 Å². The molecule has 3 rings (SSSR count). The molecule has 3 heteroatoms. The molecule has 0 fully saturated rings. The number of nitrogens with zero attached hydrogens (tertiary/aromatic N) is 1. The van der Waals surface area contributed by atoms with Gasteiger partial charge in [-0.25, -0.2) is 0 Å². The van der Waals surface area contributed by atoms with E-state index in [1.165, 1.54) is 27.6 Å². The fourth-order valence-corrected chi connectivity index (χ4v) is 3.25. The van der Waals surface area contributed by atoms with Crippen molar-refractivity contribution in [3.8, 4) is 11.4 Å². The van der Waals surface area contributed by atoms with E-state index in [1.54, 1.807) is 0 Å². The molecule has 0 saturated heterocycles. The van der Waals surface area contributed by atoms with E-state index in [2.05, 4.69) is 68.0 Å². The Kier molecular flexibility index (Phi) is 4.96. The summed E-state index contributed by atoms with van der Waals surface area (Å²) in [6.07, 6.45) is 5.11. The molecule has 0 radical (unpaired) electrons. The molecule has 132 valence electrons. The molecule has 0 amide bonds. The van der Waals surface area contributed by atoms with Crippen molar-refractivity contribution in [2.45, 2.75) is 52.4 Å². The number of hydrogen-bond donors (Lipinski definition) is 2. The predicted molar refractivity (Wildman–Crippen MR) is 107 cm³/mol. The zero-order valence-corrected chi connectivity index (χ0v) is 15.8. The van der Waals surface area contributed by atoms with Crippen molar-refractivity contribution >= 4 is 10.9 Å². The number of fused-ring (bicyclic) bond motifs is 1. The van der Waals surface area contributed by atoms with E-state index in [0.29, 0.717) is 0 Å². The van der Waals surface area contributed by atoms with Crippen LogP contribution in [0.25, 0.3) is 22.3 Å². The Morgan fingerprint density at radius 1 is 1.08 bits per heavy atom. The van der Waals surface area contributed by atoms with Crippen LogP contribution in [-0.2, 0) is 11.8 Å². The first-order chi connectivity index (χ1) is 11.9. The van der Waals surface area contributed by atoms with E-state index in [1.807, 2.05) is 6.20 Å². The molecule has 0 unspecified atom stereocenters. The molecule has 3 N–H and O–H groups in total. The highest BCUT2D eigenvalue weighted by Gasteiger charge is 2.18. The molecule has 0 atom stereocenters. The number of benzene rings is 1. The normalized spacial score (nSPS) is 12.0. The lowest BCUT2D eigenvalue weighted by atomic mass is 9.86. The summed E-state index contributed by atoms with van der Waals surface area (Å²) in [7, 11) is 0. The summed E-state index contributed by atoms with van der Waals surface area (Å²) < 4.78 is 0. The number of nitrogens with two attached hydrogens (primary N) is 1. The van der Waals surface area contributed by atoms with Gasteiger partial charge in [0.1, 0.15) is 0 Å². The fraction of sp³-hybridized carbons (Fsp3) is 0.409. The van der Waals surface area contributed by atoms with Gasteiger partial charge < -0.3 is 10.7 Å². The van der Waals surface area contributed by atoms with E-state index in [0.717, 1.165) is 37.2 Å². The highest BCUT2D eigenvalue weighted by molar-refractivity contribution is 5.91. The van der Waals surface area contributed by atoms with E-state index >= 15 is 0 Å². The van der Waals surface area contributed by atoms with Gasteiger partial charge in [0, 0.05) is 17.1 Å². The molecule has 3 aromatic rings. The molecule has 3 nitrogen and oxygen atoms in total. The van der Waals surface area contributed by atoms with Crippen molar-refractivity contribution < 1.29 is 0 Å². The number of hydrogen-bond acceptors (Lipinski definition) is 2. The predicted octanol–water partition coefficient (Wildman–Crippen LogP) is 5.12. The second kappa shape index (κ2) is 7.01. The first-order valence-corrected chi connectivity index (χ1v) is 9.18. The largest absolute Gasteiger partial charge is 0.353 e. The number of H-pyrrole nitrogens is 1. The van der Waals surface area contributed by atoms with Gasteiger partial charge in [-0.15, -0.1) is 0 Å². The molecule has 1 aromatic carbocycles. The Bertz CT molecular complexity index is 851. The number of rotatable bonds is 5. The van der Waals surface area contributed by atoms with Gasteiger partial charge in [-0.2, -0.15) is 0 Å². The maximum absolute atomic E-state index is 5.71. The first-order valence-electron chi connectivity index (χ1n) is 9.18. The van der Waals surface area contributed by atoms with Crippen LogP contribution in [0.3, 0.4) is 0 Å². The van der Waals surface area contributed by atoms with E-state index in [9.17, 15) is 0 Å². The van der Waals surface area contributed by atoms with E-state index < -0.39 is 0 Å². The molecule has 25 heavy (non-hydrogen) atoms. The summed E-state index contributed by atoms with van der Waals surface area (Å²) in [6.45, 7) is 9.60. The number of aromatic amines is 1. The van der Waals surface area contributed by atoms with Crippen molar-refractivity contribution in [1.29, 1.82) is 0 Å². The molecule has 0 spiro atoms. The lowest BCUT2D eigenvalue weighted by Crippen LogP contribution is -2.10. The Morgan fingerprint density at radius 2 is 1.88 bits per heavy atom. The highest BCUT2D eigenvalue weighted by Crippen LogP contribution is 2.34. The standard InChI is InChI=1S/C22H29N3/c1-15-8-10-20(24-14-15)21-17(7-5-6-12-23)18-13-16(22(2,3)4)9-11-19(18)25-21/h8-11,13-14,25H,5-7,12,23H2,1-4H3. The summed E-state index contributed by atoms with van der Waals surface area (Å²) in [4.78, 5) is 8.26. The minimum absolute atomic E-state index is 0.141. The van der Waals surface area contributed by atoms with Gasteiger partial charge in [0.15, 0.2) is 0 Å². The molecule has 0 saturated carbocycles. The zero-order chi connectivity index (χ0) is 18.0. The Labute approximate surface area is 150 Å². The smallest absolute Gasteiger partial charge is 0.0867 e. The molecule has 0 aliphatic carbocycles. The third-order valence-electron chi connectivity index (χ3n) is 4.82. The molecule has 0 aliphatic heterocycles. The van der Waals surface area contributed by atoms with Crippen molar-refractivity contribution in [3.63, 3.8) is 0 Å². The van der Waals surface area contributed by atoms with Crippen LogP contribution >= 0.6 is 0 Å². The average molecular weight is 335 g/mol. The van der Waals surface area contributed by atoms with Crippen LogP contribution in [0.2, 0.25) is 0 Å². The van der Waals surface area contributed by atoms with Gasteiger partial charge >= 0.3 is 0 Å². The van der Waals surface area contributed by atoms with Crippen molar-refractivity contribution in [1.82, 2.24) is 9.97 Å². The Morgan fingerprint density at radius 3 is 2.52 bits per heavy atom. The lowest BCUT2D eigenvalue weighted by Gasteiger charge is -2.19. The molecule has 2 aromatic heterocycles. The fourth-order valence-electron chi connectivity index (χ4n) is 3.25. The number of aromatic nitrogens is 2. The summed E-state index contributed by atoms with van der Waals surface area (Å²) in [5.41, 5.74) is 13.1. The van der Waals surface area contributed by atoms with Crippen LogP contribution in [0.15, 0.2) is 36.5 Å². The maximum atomic E-state index is 5.71. The molecular weight excluding hydrogens is 306 g/mol. The quantitative estimate of drug-likeness (QED) is 0.636. The Hall–Kier alpha value is -2.13. The van der Waals surface area contributed by atoms with Crippen LogP contribution in [0, 0.1) is 6.92 Å². The van der Waals surface area contributed by atoms with Crippen molar-refractivity contribution in [2.24, 2.45) is 5.73 Å². The summed E-state index contributed by atoms with van der Waals surface area (Å²) in [5.74, 6) is 0. The summed E-state index contributed by atoms with van der Waals surface area (Å²) in [5, 5.41) is 1.32. The van der Waals surface area contributed by atoms with Gasteiger partial charge in [0.05, 0.1) is 11.4 Å². The van der Waals surface area contributed by atoms with Gasteiger partial charge in [-0.1, -0.05) is 32.9 Å². The van der Waals surface area contributed by atoms with Gasteiger partial charge in [-0.3, -0.25) is 4.98 Å². The van der Waals surface area contributed by atoms with Crippen molar-refractivity contribution in [2.75, 3.05) is 6.54 Å².